The molecule has 0 bridgehead atoms. The van der Waals surface area contributed by atoms with Crippen LogP contribution in [0.15, 0.2) is 54.6 Å². The highest BCUT2D eigenvalue weighted by Crippen LogP contribution is 2.20. The molecule has 23 heavy (non-hydrogen) atoms. The zero-order valence-electron chi connectivity index (χ0n) is 13.2. The Kier molecular flexibility index (Phi) is 4.42. The van der Waals surface area contributed by atoms with Crippen LogP contribution in [0, 0.1) is 0 Å². The number of nitrogens with zero attached hydrogens (tertiary/aromatic N) is 1. The molecule has 1 N–H and O–H groups in total. The van der Waals surface area contributed by atoms with E-state index >= 15 is 0 Å². The molecule has 0 unspecified atom stereocenters. The Morgan fingerprint density at radius 2 is 1.61 bits per heavy atom. The molecule has 0 heterocycles. The third-order valence-electron chi connectivity index (χ3n) is 3.94. The number of para-hydroxylation sites is 1. The van der Waals surface area contributed by atoms with E-state index in [1.807, 2.05) is 37.3 Å². The van der Waals surface area contributed by atoms with Crippen molar-refractivity contribution < 1.29 is 9.59 Å². The van der Waals surface area contributed by atoms with Crippen molar-refractivity contribution in [2.24, 2.45) is 0 Å². The van der Waals surface area contributed by atoms with Gasteiger partial charge in [0.2, 0.25) is 0 Å². The topological polar surface area (TPSA) is 49.4 Å². The summed E-state index contributed by atoms with van der Waals surface area (Å²) in [6.45, 7) is 2.54. The van der Waals surface area contributed by atoms with E-state index in [0.29, 0.717) is 23.7 Å². The second-order valence-electron chi connectivity index (χ2n) is 5.71. The molecule has 118 valence electrons. The summed E-state index contributed by atoms with van der Waals surface area (Å²) in [5.74, 6) is -0.130. The normalized spacial score (nSPS) is 13.4. The van der Waals surface area contributed by atoms with Crippen molar-refractivity contribution in [2.45, 2.75) is 25.8 Å². The lowest BCUT2D eigenvalue weighted by Crippen LogP contribution is -2.30. The van der Waals surface area contributed by atoms with Gasteiger partial charge in [-0.15, -0.1) is 0 Å². The molecule has 1 fully saturated rings. The molecule has 4 heteroatoms. The lowest BCUT2D eigenvalue weighted by Gasteiger charge is -2.21. The van der Waals surface area contributed by atoms with Gasteiger partial charge in [0.15, 0.2) is 0 Å². The maximum atomic E-state index is 12.7. The van der Waals surface area contributed by atoms with Crippen LogP contribution in [0.25, 0.3) is 0 Å². The fraction of sp³-hybridized carbons (Fsp3) is 0.263. The van der Waals surface area contributed by atoms with E-state index in [1.54, 1.807) is 29.2 Å². The molecular weight excluding hydrogens is 288 g/mol. The largest absolute Gasteiger partial charge is 0.349 e. The highest BCUT2D eigenvalue weighted by atomic mass is 16.2. The summed E-state index contributed by atoms with van der Waals surface area (Å²) in [4.78, 5) is 26.4. The van der Waals surface area contributed by atoms with E-state index in [2.05, 4.69) is 5.32 Å². The van der Waals surface area contributed by atoms with Gasteiger partial charge in [0.25, 0.3) is 11.8 Å². The first-order valence-electron chi connectivity index (χ1n) is 7.97. The zero-order chi connectivity index (χ0) is 16.2. The maximum absolute atomic E-state index is 12.7. The summed E-state index contributed by atoms with van der Waals surface area (Å²) >= 11 is 0. The van der Waals surface area contributed by atoms with Gasteiger partial charge < -0.3 is 10.2 Å². The molecule has 4 nitrogen and oxygen atoms in total. The van der Waals surface area contributed by atoms with E-state index in [4.69, 9.17) is 0 Å². The Hall–Kier alpha value is -2.62. The summed E-state index contributed by atoms with van der Waals surface area (Å²) in [7, 11) is 0. The zero-order valence-corrected chi connectivity index (χ0v) is 13.2. The predicted octanol–water partition coefficient (Wildman–Crippen LogP) is 3.25. The molecule has 0 saturated heterocycles. The third kappa shape index (κ3) is 3.59. The first kappa shape index (κ1) is 15.3. The van der Waals surface area contributed by atoms with Crippen molar-refractivity contribution >= 4 is 17.5 Å². The van der Waals surface area contributed by atoms with E-state index in [1.165, 1.54) is 0 Å². The molecule has 2 aromatic carbocycles. The molecule has 1 saturated carbocycles. The van der Waals surface area contributed by atoms with Crippen LogP contribution >= 0.6 is 0 Å². The monoisotopic (exact) mass is 308 g/mol. The number of benzene rings is 2. The molecule has 0 aliphatic heterocycles. The first-order chi connectivity index (χ1) is 11.2. The molecule has 2 amide bonds. The highest BCUT2D eigenvalue weighted by Gasteiger charge is 2.24. The molecule has 0 spiro atoms. The van der Waals surface area contributed by atoms with Gasteiger partial charge in [-0.05, 0) is 56.2 Å². The average molecular weight is 308 g/mol. The van der Waals surface area contributed by atoms with Crippen LogP contribution in [-0.2, 0) is 0 Å². The van der Waals surface area contributed by atoms with Crippen LogP contribution in [0.5, 0.6) is 0 Å². The lowest BCUT2D eigenvalue weighted by molar-refractivity contribution is 0.0947. The van der Waals surface area contributed by atoms with Crippen molar-refractivity contribution in [2.75, 3.05) is 11.4 Å². The van der Waals surface area contributed by atoms with Gasteiger partial charge in [-0.1, -0.05) is 18.2 Å². The molecule has 2 aromatic rings. The van der Waals surface area contributed by atoms with Crippen molar-refractivity contribution in [3.8, 4) is 0 Å². The van der Waals surface area contributed by atoms with E-state index in [-0.39, 0.29) is 11.8 Å². The Bertz CT molecular complexity index is 691. The Labute approximate surface area is 136 Å². The van der Waals surface area contributed by atoms with Crippen molar-refractivity contribution in [3.63, 3.8) is 0 Å². The fourth-order valence-electron chi connectivity index (χ4n) is 2.47. The molecular formula is C19H20N2O2. The van der Waals surface area contributed by atoms with Gasteiger partial charge in [-0.2, -0.15) is 0 Å². The smallest absolute Gasteiger partial charge is 0.258 e. The number of rotatable bonds is 5. The standard InChI is InChI=1S/C19H20N2O2/c1-2-21(17-6-4-3-5-7-17)19(23)15-10-8-14(9-11-15)18(22)20-16-12-13-16/h3-11,16H,2,12-13H2,1H3,(H,20,22). The number of carbonyl (C=O) groups excluding carboxylic acids is 2. The number of amides is 2. The molecule has 0 aromatic heterocycles. The minimum Gasteiger partial charge on any atom is -0.349 e. The van der Waals surface area contributed by atoms with Gasteiger partial charge in [0, 0.05) is 29.4 Å². The fourth-order valence-corrected chi connectivity index (χ4v) is 2.47. The second-order valence-corrected chi connectivity index (χ2v) is 5.71. The summed E-state index contributed by atoms with van der Waals surface area (Å²) in [5.41, 5.74) is 2.05. The van der Waals surface area contributed by atoms with Crippen molar-refractivity contribution in [1.29, 1.82) is 0 Å². The van der Waals surface area contributed by atoms with Gasteiger partial charge in [-0.3, -0.25) is 9.59 Å². The van der Waals surface area contributed by atoms with Gasteiger partial charge >= 0.3 is 0 Å². The number of hydrogen-bond acceptors (Lipinski definition) is 2. The Morgan fingerprint density at radius 1 is 1.00 bits per heavy atom. The summed E-state index contributed by atoms with van der Waals surface area (Å²) in [5, 5.41) is 2.94. The summed E-state index contributed by atoms with van der Waals surface area (Å²) in [6, 6.07) is 16.8. The molecule has 1 aliphatic carbocycles. The SMILES string of the molecule is CCN(C(=O)c1ccc(C(=O)NC2CC2)cc1)c1ccccc1. The minimum atomic E-state index is -0.0677. The first-order valence-corrected chi connectivity index (χ1v) is 7.97. The number of anilines is 1. The van der Waals surface area contributed by atoms with Gasteiger partial charge in [0.1, 0.15) is 0 Å². The highest BCUT2D eigenvalue weighted by molar-refractivity contribution is 6.06. The van der Waals surface area contributed by atoms with E-state index in [9.17, 15) is 9.59 Å². The van der Waals surface area contributed by atoms with E-state index in [0.717, 1.165) is 18.5 Å². The van der Waals surface area contributed by atoms with Crippen LogP contribution < -0.4 is 10.2 Å². The number of nitrogens with one attached hydrogen (secondary N) is 1. The third-order valence-corrected chi connectivity index (χ3v) is 3.94. The second kappa shape index (κ2) is 6.65. The lowest BCUT2D eigenvalue weighted by atomic mass is 10.1. The van der Waals surface area contributed by atoms with Gasteiger partial charge in [0.05, 0.1) is 0 Å². The molecule has 0 atom stereocenters. The van der Waals surface area contributed by atoms with Gasteiger partial charge in [-0.25, -0.2) is 0 Å². The van der Waals surface area contributed by atoms with Crippen LogP contribution in [0.3, 0.4) is 0 Å². The van der Waals surface area contributed by atoms with Crippen molar-refractivity contribution in [3.05, 3.63) is 65.7 Å². The van der Waals surface area contributed by atoms with E-state index < -0.39 is 0 Å². The molecule has 0 radical (unpaired) electrons. The predicted molar refractivity (Wildman–Crippen MR) is 90.7 cm³/mol. The van der Waals surface area contributed by atoms with Crippen LogP contribution in [0.4, 0.5) is 5.69 Å². The van der Waals surface area contributed by atoms with Crippen LogP contribution in [0.2, 0.25) is 0 Å². The average Bonchev–Trinajstić information content (AvgIpc) is 3.40. The Morgan fingerprint density at radius 3 is 2.17 bits per heavy atom. The van der Waals surface area contributed by atoms with Crippen LogP contribution in [0.1, 0.15) is 40.5 Å². The maximum Gasteiger partial charge on any atom is 0.258 e. The Balaban J connectivity index is 1.75. The number of carbonyl (C=O) groups is 2. The van der Waals surface area contributed by atoms with Crippen molar-refractivity contribution in [1.82, 2.24) is 5.32 Å². The summed E-state index contributed by atoms with van der Waals surface area (Å²) in [6.07, 6.45) is 2.12. The summed E-state index contributed by atoms with van der Waals surface area (Å²) < 4.78 is 0. The van der Waals surface area contributed by atoms with Crippen LogP contribution in [-0.4, -0.2) is 24.4 Å². The quantitative estimate of drug-likeness (QED) is 0.922. The molecule has 3 rings (SSSR count). The minimum absolute atomic E-state index is 0.0622. The molecule has 1 aliphatic rings. The number of hydrogen-bond donors (Lipinski definition) is 1.